The Morgan fingerprint density at radius 2 is 1.81 bits per heavy atom. The van der Waals surface area contributed by atoms with Crippen molar-refractivity contribution in [2.75, 3.05) is 18.1 Å². The normalized spacial score (nSPS) is 17.4. The van der Waals surface area contributed by atoms with E-state index in [1.807, 2.05) is 53.9 Å². The Labute approximate surface area is 162 Å². The molecule has 0 aromatic heterocycles. The van der Waals surface area contributed by atoms with Crippen LogP contribution in [-0.4, -0.2) is 33.7 Å². The Kier molecular flexibility index (Phi) is 6.88. The number of benzene rings is 2. The molecule has 0 radical (unpaired) electrons. The van der Waals surface area contributed by atoms with Crippen LogP contribution in [0.5, 0.6) is 5.75 Å². The standard InChI is InChI=1S/C20H23NO3S2/c21-17(22)13-24-16-9-4-8-15(12-16)19(23)18(14-6-2-1-3-7-14)20-25-10-5-11-26-20/h1-4,6-9,12,18-20,23H,5,10-11,13H2,(H2,21,22). The summed E-state index contributed by atoms with van der Waals surface area (Å²) >= 11 is 3.84. The number of hydrogen-bond donors (Lipinski definition) is 2. The highest BCUT2D eigenvalue weighted by molar-refractivity contribution is 8.17. The summed E-state index contributed by atoms with van der Waals surface area (Å²) in [6.07, 6.45) is 0.553. The molecule has 2 unspecified atom stereocenters. The van der Waals surface area contributed by atoms with Gasteiger partial charge in [-0.05, 0) is 41.2 Å². The Hall–Kier alpha value is -1.63. The molecule has 1 fully saturated rings. The molecule has 3 N–H and O–H groups in total. The molecule has 2 aromatic carbocycles. The predicted octanol–water partition coefficient (Wildman–Crippen LogP) is 3.56. The Morgan fingerprint density at radius 1 is 1.12 bits per heavy atom. The van der Waals surface area contributed by atoms with Crippen LogP contribution in [0.3, 0.4) is 0 Å². The number of aliphatic hydroxyl groups excluding tert-OH is 1. The Bertz CT molecular complexity index is 720. The highest BCUT2D eigenvalue weighted by Crippen LogP contribution is 2.46. The van der Waals surface area contributed by atoms with Gasteiger partial charge in [0.25, 0.3) is 5.91 Å². The predicted molar refractivity (Wildman–Crippen MR) is 109 cm³/mol. The summed E-state index contributed by atoms with van der Waals surface area (Å²) in [7, 11) is 0. The van der Waals surface area contributed by atoms with Crippen LogP contribution >= 0.6 is 23.5 Å². The number of primary amides is 1. The van der Waals surface area contributed by atoms with Gasteiger partial charge < -0.3 is 15.6 Å². The largest absolute Gasteiger partial charge is 0.484 e. The van der Waals surface area contributed by atoms with Crippen molar-refractivity contribution in [3.05, 3.63) is 65.7 Å². The van der Waals surface area contributed by atoms with Crippen molar-refractivity contribution < 1.29 is 14.6 Å². The highest BCUT2D eigenvalue weighted by Gasteiger charge is 2.33. The summed E-state index contributed by atoms with van der Waals surface area (Å²) in [6, 6.07) is 17.5. The molecule has 1 amide bonds. The number of amides is 1. The zero-order valence-corrected chi connectivity index (χ0v) is 16.0. The van der Waals surface area contributed by atoms with Gasteiger partial charge in [0, 0.05) is 5.92 Å². The molecule has 1 aliphatic rings. The minimum Gasteiger partial charge on any atom is -0.484 e. The summed E-state index contributed by atoms with van der Waals surface area (Å²) in [5, 5.41) is 11.2. The van der Waals surface area contributed by atoms with E-state index >= 15 is 0 Å². The van der Waals surface area contributed by atoms with Crippen LogP contribution < -0.4 is 10.5 Å². The van der Waals surface area contributed by atoms with E-state index in [0.29, 0.717) is 10.3 Å². The summed E-state index contributed by atoms with van der Waals surface area (Å²) in [5.41, 5.74) is 7.06. The van der Waals surface area contributed by atoms with Crippen LogP contribution in [0.2, 0.25) is 0 Å². The number of carbonyl (C=O) groups excluding carboxylic acids is 1. The number of nitrogens with two attached hydrogens (primary N) is 1. The van der Waals surface area contributed by atoms with Crippen LogP contribution in [0.15, 0.2) is 54.6 Å². The lowest BCUT2D eigenvalue weighted by molar-refractivity contribution is -0.119. The first kappa shape index (κ1) is 19.1. The van der Waals surface area contributed by atoms with Crippen molar-refractivity contribution in [2.45, 2.75) is 23.0 Å². The van der Waals surface area contributed by atoms with Crippen molar-refractivity contribution in [3.63, 3.8) is 0 Å². The average molecular weight is 390 g/mol. The van der Waals surface area contributed by atoms with Crippen LogP contribution in [0.4, 0.5) is 0 Å². The lowest BCUT2D eigenvalue weighted by atomic mass is 9.90. The van der Waals surface area contributed by atoms with E-state index in [0.717, 1.165) is 22.6 Å². The molecule has 0 spiro atoms. The van der Waals surface area contributed by atoms with Crippen molar-refractivity contribution in [1.82, 2.24) is 0 Å². The molecule has 2 aromatic rings. The lowest BCUT2D eigenvalue weighted by Crippen LogP contribution is -2.23. The van der Waals surface area contributed by atoms with Crippen molar-refractivity contribution >= 4 is 29.4 Å². The molecule has 1 heterocycles. The van der Waals surface area contributed by atoms with E-state index in [-0.39, 0.29) is 12.5 Å². The first-order valence-electron chi connectivity index (χ1n) is 8.62. The van der Waals surface area contributed by atoms with Crippen LogP contribution in [-0.2, 0) is 4.79 Å². The number of hydrogen-bond acceptors (Lipinski definition) is 5. The first-order valence-corrected chi connectivity index (χ1v) is 10.7. The summed E-state index contributed by atoms with van der Waals surface area (Å²) in [6.45, 7) is -0.171. The molecule has 0 aliphatic carbocycles. The van der Waals surface area contributed by atoms with E-state index in [2.05, 4.69) is 12.1 Å². The van der Waals surface area contributed by atoms with Crippen LogP contribution in [0.25, 0.3) is 0 Å². The molecule has 138 valence electrons. The highest BCUT2D eigenvalue weighted by atomic mass is 32.2. The molecule has 4 nitrogen and oxygen atoms in total. The minimum atomic E-state index is -0.655. The fraction of sp³-hybridized carbons (Fsp3) is 0.350. The van der Waals surface area contributed by atoms with Crippen LogP contribution in [0.1, 0.15) is 29.6 Å². The maximum absolute atomic E-state index is 11.2. The van der Waals surface area contributed by atoms with Gasteiger partial charge in [-0.2, -0.15) is 0 Å². The number of ether oxygens (including phenoxy) is 1. The van der Waals surface area contributed by atoms with E-state index in [4.69, 9.17) is 10.5 Å². The Morgan fingerprint density at radius 3 is 2.50 bits per heavy atom. The first-order chi connectivity index (χ1) is 12.6. The van der Waals surface area contributed by atoms with E-state index in [9.17, 15) is 9.90 Å². The number of carbonyl (C=O) groups is 1. The van der Waals surface area contributed by atoms with Gasteiger partial charge in [0.15, 0.2) is 6.61 Å². The van der Waals surface area contributed by atoms with Gasteiger partial charge in [0.05, 0.1) is 10.7 Å². The van der Waals surface area contributed by atoms with Crippen molar-refractivity contribution in [3.8, 4) is 5.75 Å². The smallest absolute Gasteiger partial charge is 0.255 e. The monoisotopic (exact) mass is 389 g/mol. The molecule has 1 aliphatic heterocycles. The van der Waals surface area contributed by atoms with Gasteiger partial charge in [-0.1, -0.05) is 42.5 Å². The quantitative estimate of drug-likeness (QED) is 0.757. The fourth-order valence-electron chi connectivity index (χ4n) is 3.03. The molecule has 26 heavy (non-hydrogen) atoms. The third-order valence-electron chi connectivity index (χ3n) is 4.25. The molecule has 0 bridgehead atoms. The van der Waals surface area contributed by atoms with E-state index in [1.54, 1.807) is 12.1 Å². The zero-order valence-electron chi connectivity index (χ0n) is 14.4. The summed E-state index contributed by atoms with van der Waals surface area (Å²) in [5.74, 6) is 2.24. The van der Waals surface area contributed by atoms with Crippen molar-refractivity contribution in [1.29, 1.82) is 0 Å². The zero-order chi connectivity index (χ0) is 18.4. The number of rotatable bonds is 7. The molecule has 0 saturated carbocycles. The lowest BCUT2D eigenvalue weighted by Gasteiger charge is -2.33. The van der Waals surface area contributed by atoms with Gasteiger partial charge in [-0.15, -0.1) is 23.5 Å². The van der Waals surface area contributed by atoms with Gasteiger partial charge >= 0.3 is 0 Å². The molecular weight excluding hydrogens is 366 g/mol. The molecule has 6 heteroatoms. The van der Waals surface area contributed by atoms with E-state index < -0.39 is 12.0 Å². The van der Waals surface area contributed by atoms with Gasteiger partial charge in [0.1, 0.15) is 5.75 Å². The molecular formula is C20H23NO3S2. The maximum atomic E-state index is 11.2. The second kappa shape index (κ2) is 9.35. The number of aliphatic hydroxyl groups is 1. The summed E-state index contributed by atoms with van der Waals surface area (Å²) < 4.78 is 5.70. The molecule has 1 saturated heterocycles. The van der Waals surface area contributed by atoms with E-state index in [1.165, 1.54) is 6.42 Å². The van der Waals surface area contributed by atoms with Gasteiger partial charge in [-0.3, -0.25) is 4.79 Å². The summed E-state index contributed by atoms with van der Waals surface area (Å²) in [4.78, 5) is 10.9. The SMILES string of the molecule is NC(=O)COc1cccc(C(O)C(c2ccccc2)C2SCCCS2)c1. The Balaban J connectivity index is 1.86. The topological polar surface area (TPSA) is 72.6 Å². The third-order valence-corrected chi connectivity index (χ3v) is 7.36. The van der Waals surface area contributed by atoms with Crippen LogP contribution in [0, 0.1) is 0 Å². The molecule has 3 rings (SSSR count). The fourth-order valence-corrected chi connectivity index (χ4v) is 6.29. The van der Waals surface area contributed by atoms with Gasteiger partial charge in [0.2, 0.25) is 0 Å². The van der Waals surface area contributed by atoms with Crippen molar-refractivity contribution in [2.24, 2.45) is 5.73 Å². The molecule has 2 atom stereocenters. The van der Waals surface area contributed by atoms with Gasteiger partial charge in [-0.25, -0.2) is 0 Å². The second-order valence-corrected chi connectivity index (χ2v) is 8.97. The average Bonchev–Trinajstić information content (AvgIpc) is 2.68. The minimum absolute atomic E-state index is 0.0158. The third kappa shape index (κ3) is 4.96. The maximum Gasteiger partial charge on any atom is 0.255 e. The second-order valence-electron chi connectivity index (χ2n) is 6.17. The number of thioether (sulfide) groups is 2.